The van der Waals surface area contributed by atoms with Crippen LogP contribution in [0.5, 0.6) is 6.01 Å². The van der Waals surface area contributed by atoms with Crippen LogP contribution in [-0.2, 0) is 13.0 Å². The number of likely N-dealkylation sites (tertiary alicyclic amines) is 1. The number of nitrogen functional groups attached to an aromatic ring is 1. The van der Waals surface area contributed by atoms with Gasteiger partial charge in [0.05, 0.1) is 12.2 Å². The molecule has 30 heavy (non-hydrogen) atoms. The summed E-state index contributed by atoms with van der Waals surface area (Å²) in [7, 11) is 2.16. The van der Waals surface area contributed by atoms with Gasteiger partial charge in [-0.3, -0.25) is 0 Å². The largest absolute Gasteiger partial charge is 0.462 e. The third-order valence-electron chi connectivity index (χ3n) is 6.51. The van der Waals surface area contributed by atoms with Crippen molar-refractivity contribution in [2.45, 2.75) is 38.3 Å². The zero-order valence-electron chi connectivity index (χ0n) is 17.6. The minimum atomic E-state index is 0.407. The maximum Gasteiger partial charge on any atom is 0.318 e. The Kier molecular flexibility index (Phi) is 5.17. The topological polar surface area (TPSA) is 67.5 Å². The van der Waals surface area contributed by atoms with Gasteiger partial charge in [-0.05, 0) is 44.3 Å². The number of likely N-dealkylation sites (N-methyl/N-ethyl adjacent to an activating group) is 1. The van der Waals surface area contributed by atoms with Crippen LogP contribution >= 0.6 is 0 Å². The molecule has 0 unspecified atom stereocenters. The molecule has 6 heteroatoms. The smallest absolute Gasteiger partial charge is 0.318 e. The molecule has 1 fully saturated rings. The van der Waals surface area contributed by atoms with Crippen LogP contribution in [0.15, 0.2) is 42.5 Å². The molecule has 3 aromatic rings. The molecule has 2 aliphatic rings. The van der Waals surface area contributed by atoms with Gasteiger partial charge < -0.3 is 20.3 Å². The molecule has 6 nitrogen and oxygen atoms in total. The molecular weight excluding hydrogens is 374 g/mol. The highest BCUT2D eigenvalue weighted by Crippen LogP contribution is 2.32. The first-order chi connectivity index (χ1) is 14.7. The summed E-state index contributed by atoms with van der Waals surface area (Å²) in [6, 6.07) is 15.8. The van der Waals surface area contributed by atoms with Gasteiger partial charge >= 0.3 is 6.01 Å². The highest BCUT2D eigenvalue weighted by molar-refractivity contribution is 5.94. The second kappa shape index (κ2) is 8.11. The first-order valence-electron chi connectivity index (χ1n) is 10.9. The van der Waals surface area contributed by atoms with Crippen LogP contribution in [-0.4, -0.2) is 47.7 Å². The van der Waals surface area contributed by atoms with Gasteiger partial charge in [-0.25, -0.2) is 0 Å². The highest BCUT2D eigenvalue weighted by Gasteiger charge is 2.24. The third-order valence-corrected chi connectivity index (χ3v) is 6.51. The molecule has 1 aromatic heterocycles. The van der Waals surface area contributed by atoms with Gasteiger partial charge in [0.15, 0.2) is 0 Å². The predicted molar refractivity (Wildman–Crippen MR) is 121 cm³/mol. The van der Waals surface area contributed by atoms with E-state index in [1.807, 2.05) is 0 Å². The van der Waals surface area contributed by atoms with E-state index in [-0.39, 0.29) is 0 Å². The molecule has 2 aromatic carbocycles. The van der Waals surface area contributed by atoms with E-state index in [0.717, 1.165) is 43.7 Å². The number of piperidine rings is 1. The second-order valence-corrected chi connectivity index (χ2v) is 8.43. The van der Waals surface area contributed by atoms with Crippen LogP contribution in [0.2, 0.25) is 0 Å². The van der Waals surface area contributed by atoms with E-state index in [0.29, 0.717) is 24.5 Å². The number of nitrogens with zero attached hydrogens (tertiary/aromatic N) is 4. The van der Waals surface area contributed by atoms with E-state index in [2.05, 4.69) is 64.3 Å². The number of rotatable bonds is 4. The van der Waals surface area contributed by atoms with E-state index in [9.17, 15) is 0 Å². The summed E-state index contributed by atoms with van der Waals surface area (Å²) in [5.41, 5.74) is 9.57. The first kappa shape index (κ1) is 19.1. The molecule has 2 aliphatic heterocycles. The van der Waals surface area contributed by atoms with Gasteiger partial charge in [0.1, 0.15) is 12.4 Å². The van der Waals surface area contributed by atoms with Crippen molar-refractivity contribution >= 4 is 22.3 Å². The number of benzene rings is 2. The Morgan fingerprint density at radius 3 is 2.83 bits per heavy atom. The molecule has 1 atom stereocenters. The molecule has 1 saturated heterocycles. The number of fused-ring (bicyclic) bond motifs is 2. The standard InChI is InChI=1S/C24H29N5O/c1-28-13-5-4-9-18(28)16-30-24-26-21-15-29(14-12-20(21)23(25)27-24)22-11-6-8-17-7-2-3-10-19(17)22/h2-3,6-8,10-11,18H,4-5,9,12-16H2,1H3,(H2,25,26,27)/t18-/m1/s1. The number of hydrogen-bond acceptors (Lipinski definition) is 6. The first-order valence-corrected chi connectivity index (χ1v) is 10.9. The quantitative estimate of drug-likeness (QED) is 0.717. The Morgan fingerprint density at radius 1 is 1.07 bits per heavy atom. The van der Waals surface area contributed by atoms with Crippen LogP contribution in [0, 0.1) is 0 Å². The van der Waals surface area contributed by atoms with Gasteiger partial charge in [0.2, 0.25) is 0 Å². The van der Waals surface area contributed by atoms with Crippen molar-refractivity contribution in [3.63, 3.8) is 0 Å². The lowest BCUT2D eigenvalue weighted by molar-refractivity contribution is 0.119. The lowest BCUT2D eigenvalue weighted by atomic mass is 10.0. The molecule has 0 bridgehead atoms. The fraction of sp³-hybridized carbons (Fsp3) is 0.417. The fourth-order valence-corrected chi connectivity index (χ4v) is 4.72. The number of ether oxygens (including phenoxy) is 1. The van der Waals surface area contributed by atoms with Crippen molar-refractivity contribution in [3.05, 3.63) is 53.7 Å². The molecule has 0 saturated carbocycles. The van der Waals surface area contributed by atoms with Crippen LogP contribution in [0.3, 0.4) is 0 Å². The number of nitrogens with two attached hydrogens (primary N) is 1. The molecule has 0 radical (unpaired) electrons. The van der Waals surface area contributed by atoms with E-state index < -0.39 is 0 Å². The Morgan fingerprint density at radius 2 is 1.93 bits per heavy atom. The van der Waals surface area contributed by atoms with Gasteiger partial charge in [-0.15, -0.1) is 0 Å². The Bertz CT molecular complexity index is 1050. The average Bonchev–Trinajstić information content (AvgIpc) is 2.78. The summed E-state index contributed by atoms with van der Waals surface area (Å²) in [6.45, 7) is 3.36. The van der Waals surface area contributed by atoms with Gasteiger partial charge in [-0.1, -0.05) is 42.8 Å². The summed E-state index contributed by atoms with van der Waals surface area (Å²) in [5, 5.41) is 2.52. The van der Waals surface area contributed by atoms with Gasteiger partial charge in [0.25, 0.3) is 0 Å². The number of aromatic nitrogens is 2. The van der Waals surface area contributed by atoms with Gasteiger partial charge in [-0.2, -0.15) is 9.97 Å². The highest BCUT2D eigenvalue weighted by atomic mass is 16.5. The lowest BCUT2D eigenvalue weighted by Gasteiger charge is -2.32. The molecular formula is C24H29N5O. The summed E-state index contributed by atoms with van der Waals surface area (Å²) in [4.78, 5) is 14.0. The fourth-order valence-electron chi connectivity index (χ4n) is 4.72. The van der Waals surface area contributed by atoms with E-state index in [1.54, 1.807) is 0 Å². The van der Waals surface area contributed by atoms with E-state index >= 15 is 0 Å². The summed E-state index contributed by atoms with van der Waals surface area (Å²) in [6.07, 6.45) is 4.52. The van der Waals surface area contributed by atoms with Crippen molar-refractivity contribution in [1.82, 2.24) is 14.9 Å². The summed E-state index contributed by atoms with van der Waals surface area (Å²) < 4.78 is 6.01. The third kappa shape index (κ3) is 3.67. The molecule has 5 rings (SSSR count). The Balaban J connectivity index is 1.37. The van der Waals surface area contributed by atoms with Crippen molar-refractivity contribution in [2.24, 2.45) is 0 Å². The van der Waals surface area contributed by atoms with Crippen molar-refractivity contribution < 1.29 is 4.74 Å². The zero-order valence-corrected chi connectivity index (χ0v) is 17.6. The zero-order chi connectivity index (χ0) is 20.5. The van der Waals surface area contributed by atoms with E-state index in [1.165, 1.54) is 29.3 Å². The number of hydrogen-bond donors (Lipinski definition) is 1. The molecule has 2 N–H and O–H groups in total. The summed E-state index contributed by atoms with van der Waals surface area (Å²) in [5.74, 6) is 0.560. The summed E-state index contributed by atoms with van der Waals surface area (Å²) >= 11 is 0. The maximum absolute atomic E-state index is 6.29. The van der Waals surface area contributed by atoms with Crippen LogP contribution in [0.1, 0.15) is 30.5 Å². The average molecular weight is 404 g/mol. The second-order valence-electron chi connectivity index (χ2n) is 8.43. The normalized spacial score (nSPS) is 19.6. The van der Waals surface area contributed by atoms with Crippen molar-refractivity contribution in [1.29, 1.82) is 0 Å². The van der Waals surface area contributed by atoms with Crippen LogP contribution < -0.4 is 15.4 Å². The predicted octanol–water partition coefficient (Wildman–Crippen LogP) is 3.64. The number of anilines is 2. The lowest BCUT2D eigenvalue weighted by Crippen LogP contribution is -2.40. The SMILES string of the molecule is CN1CCCC[C@@H]1COc1nc(N)c2c(n1)CN(c1cccc3ccccc13)CC2. The Labute approximate surface area is 177 Å². The minimum absolute atomic E-state index is 0.407. The van der Waals surface area contributed by atoms with Gasteiger partial charge in [0, 0.05) is 29.2 Å². The molecule has 0 spiro atoms. The van der Waals surface area contributed by atoms with E-state index in [4.69, 9.17) is 15.5 Å². The van der Waals surface area contributed by atoms with Crippen LogP contribution in [0.4, 0.5) is 11.5 Å². The van der Waals surface area contributed by atoms with Crippen molar-refractivity contribution in [2.75, 3.05) is 37.4 Å². The van der Waals surface area contributed by atoms with Crippen molar-refractivity contribution in [3.8, 4) is 6.01 Å². The molecule has 3 heterocycles. The van der Waals surface area contributed by atoms with Crippen LogP contribution in [0.25, 0.3) is 10.8 Å². The maximum atomic E-state index is 6.29. The monoisotopic (exact) mass is 403 g/mol. The molecule has 0 amide bonds. The minimum Gasteiger partial charge on any atom is -0.462 e. The molecule has 156 valence electrons. The Hall–Kier alpha value is -2.86. The molecule has 0 aliphatic carbocycles.